The first-order valence-corrected chi connectivity index (χ1v) is 3.23. The van der Waals surface area contributed by atoms with Crippen molar-refractivity contribution in [2.24, 2.45) is 0 Å². The first-order chi connectivity index (χ1) is 5.65. The number of aromatic nitrogens is 1. The molecule has 1 heterocycles. The fourth-order valence-corrected chi connectivity index (χ4v) is 0.850. The second kappa shape index (κ2) is 4.97. The molecule has 0 aromatic carbocycles. The second-order valence-corrected chi connectivity index (χ2v) is 2.29. The van der Waals surface area contributed by atoms with Gasteiger partial charge in [0, 0.05) is 35.8 Å². The van der Waals surface area contributed by atoms with Gasteiger partial charge in [-0.15, -0.1) is 0 Å². The Morgan fingerprint density at radius 3 is 2.69 bits per heavy atom. The van der Waals surface area contributed by atoms with Gasteiger partial charge in [-0.1, -0.05) is 0 Å². The van der Waals surface area contributed by atoms with Crippen molar-refractivity contribution in [1.82, 2.24) is 4.98 Å². The molecule has 0 amide bonds. The van der Waals surface area contributed by atoms with Crippen molar-refractivity contribution in [1.29, 1.82) is 5.26 Å². The van der Waals surface area contributed by atoms with Crippen LogP contribution >= 0.6 is 0 Å². The number of carbonyl (C=O) groups is 1. The van der Waals surface area contributed by atoms with Crippen molar-refractivity contribution < 1.29 is 9.90 Å². The van der Waals surface area contributed by atoms with Gasteiger partial charge in [0.2, 0.25) is 0 Å². The number of rotatable bonds is 1. The molecule has 0 spiro atoms. The Bertz CT molecular complexity index is 371. The van der Waals surface area contributed by atoms with Crippen molar-refractivity contribution in [3.05, 3.63) is 29.1 Å². The minimum atomic E-state index is -1.32. The van der Waals surface area contributed by atoms with Crippen LogP contribution < -0.4 is 5.11 Å². The van der Waals surface area contributed by atoms with Gasteiger partial charge in [-0.25, -0.2) is 0 Å². The Kier molecular flexibility index (Phi) is 4.63. The predicted molar refractivity (Wildman–Crippen MR) is 43.8 cm³/mol. The van der Waals surface area contributed by atoms with E-state index in [1.165, 1.54) is 12.3 Å². The van der Waals surface area contributed by atoms with E-state index in [9.17, 15) is 9.90 Å². The number of nitriles is 1. The molecule has 0 unspecified atom stereocenters. The molecule has 61 valence electrons. The number of carbonyl (C=O) groups excluding carboxylic acids is 1. The summed E-state index contributed by atoms with van der Waals surface area (Å²) in [5.74, 6) is -1.32. The molecule has 5 heteroatoms. The summed E-state index contributed by atoms with van der Waals surface area (Å²) in [4.78, 5) is 13.9. The summed E-state index contributed by atoms with van der Waals surface area (Å²) in [6.07, 6.45) is 1.21. The zero-order chi connectivity index (χ0) is 9.14. The van der Waals surface area contributed by atoms with Crippen LogP contribution in [-0.2, 0) is 0 Å². The second-order valence-electron chi connectivity index (χ2n) is 2.29. The van der Waals surface area contributed by atoms with Gasteiger partial charge in [0.15, 0.2) is 0 Å². The molecule has 0 atom stereocenters. The molecule has 4 nitrogen and oxygen atoms in total. The monoisotopic (exact) mass is 184 g/mol. The maximum atomic E-state index is 10.4. The Morgan fingerprint density at radius 1 is 1.69 bits per heavy atom. The van der Waals surface area contributed by atoms with Crippen molar-refractivity contribution in [3.63, 3.8) is 0 Å². The predicted octanol–water partition coefficient (Wildman–Crippen LogP) is -0.756. The Hall–Kier alpha value is -0.890. The third-order valence-electron chi connectivity index (χ3n) is 1.40. The first-order valence-electron chi connectivity index (χ1n) is 3.23. The Balaban J connectivity index is 0.00000144. The smallest absolute Gasteiger partial charge is 0.101 e. The standard InChI is InChI=1S/C8H6N2O2.Na/c1-5-2-6(3-9)4-10-7(5)8(11)12;/h2,4H,1H3,(H,11,12);/p-1. The van der Waals surface area contributed by atoms with Crippen LogP contribution in [0.25, 0.3) is 0 Å². The van der Waals surface area contributed by atoms with E-state index in [1.807, 2.05) is 6.07 Å². The molecule has 13 heavy (non-hydrogen) atoms. The largest absolute Gasteiger partial charge is 0.543 e. The van der Waals surface area contributed by atoms with Crippen LogP contribution in [0.5, 0.6) is 0 Å². The molecule has 0 N–H and O–H groups in total. The number of aryl methyl sites for hydroxylation is 1. The normalized spacial score (nSPS) is 8.31. The summed E-state index contributed by atoms with van der Waals surface area (Å²) < 4.78 is 0. The van der Waals surface area contributed by atoms with E-state index in [1.54, 1.807) is 6.92 Å². The van der Waals surface area contributed by atoms with Gasteiger partial charge in [-0.05, 0) is 18.6 Å². The number of carboxylic acids is 1. The quantitative estimate of drug-likeness (QED) is 0.538. The average molecular weight is 184 g/mol. The average Bonchev–Trinajstić information content (AvgIpc) is 2.03. The maximum Gasteiger partial charge on any atom is 0.101 e. The van der Waals surface area contributed by atoms with Crippen LogP contribution in [-0.4, -0.2) is 40.5 Å². The van der Waals surface area contributed by atoms with Crippen LogP contribution in [0.15, 0.2) is 12.3 Å². The number of hydrogen-bond acceptors (Lipinski definition) is 4. The van der Waals surface area contributed by atoms with E-state index < -0.39 is 5.97 Å². The molecule has 1 aromatic heterocycles. The molecule has 1 rings (SSSR count). The van der Waals surface area contributed by atoms with Gasteiger partial charge >= 0.3 is 0 Å². The molecule has 0 fully saturated rings. The Morgan fingerprint density at radius 2 is 2.31 bits per heavy atom. The fourth-order valence-electron chi connectivity index (χ4n) is 0.850. The van der Waals surface area contributed by atoms with Crippen molar-refractivity contribution in [2.45, 2.75) is 6.92 Å². The molecule has 1 radical (unpaired) electrons. The molecule has 0 aliphatic heterocycles. The van der Waals surface area contributed by atoms with Gasteiger partial charge < -0.3 is 9.90 Å². The summed E-state index contributed by atoms with van der Waals surface area (Å²) in [6, 6.07) is 3.31. The summed E-state index contributed by atoms with van der Waals surface area (Å²) >= 11 is 0. The first kappa shape index (κ1) is 12.1. The van der Waals surface area contributed by atoms with E-state index >= 15 is 0 Å². The van der Waals surface area contributed by atoms with Gasteiger partial charge in [0.05, 0.1) is 17.2 Å². The number of hydrogen-bond donors (Lipinski definition) is 0. The van der Waals surface area contributed by atoms with Gasteiger partial charge in [-0.3, -0.25) is 4.98 Å². The molecule has 0 saturated carbocycles. The van der Waals surface area contributed by atoms with Crippen LogP contribution in [0.1, 0.15) is 21.6 Å². The summed E-state index contributed by atoms with van der Waals surface area (Å²) in [6.45, 7) is 1.57. The number of pyridine rings is 1. The van der Waals surface area contributed by atoms with Crippen LogP contribution in [0.2, 0.25) is 0 Å². The van der Waals surface area contributed by atoms with Crippen molar-refractivity contribution in [3.8, 4) is 6.07 Å². The van der Waals surface area contributed by atoms with Gasteiger partial charge in [-0.2, -0.15) is 5.26 Å². The van der Waals surface area contributed by atoms with Gasteiger partial charge in [0.1, 0.15) is 6.07 Å². The van der Waals surface area contributed by atoms with Crippen LogP contribution in [0, 0.1) is 18.3 Å². The maximum absolute atomic E-state index is 10.4. The molecule has 0 aliphatic rings. The van der Waals surface area contributed by atoms with E-state index in [0.717, 1.165) is 0 Å². The Labute approximate surface area is 97.5 Å². The molecular weight excluding hydrogens is 179 g/mol. The zero-order valence-corrected chi connectivity index (χ0v) is 9.37. The molecule has 0 bridgehead atoms. The van der Waals surface area contributed by atoms with Crippen LogP contribution in [0.3, 0.4) is 0 Å². The topological polar surface area (TPSA) is 76.8 Å². The van der Waals surface area contributed by atoms with E-state index in [4.69, 9.17) is 5.26 Å². The third-order valence-corrected chi connectivity index (χ3v) is 1.40. The SMILES string of the molecule is Cc1cc(C#N)cnc1C(=O)[O-].[Na]. The van der Waals surface area contributed by atoms with Crippen molar-refractivity contribution in [2.75, 3.05) is 0 Å². The minimum Gasteiger partial charge on any atom is -0.543 e. The minimum absolute atomic E-state index is 0. The van der Waals surface area contributed by atoms with E-state index in [-0.39, 0.29) is 35.3 Å². The van der Waals surface area contributed by atoms with Crippen LogP contribution in [0.4, 0.5) is 0 Å². The summed E-state index contributed by atoms with van der Waals surface area (Å²) in [5.41, 5.74) is 0.667. The zero-order valence-electron chi connectivity index (χ0n) is 7.37. The van der Waals surface area contributed by atoms with E-state index in [0.29, 0.717) is 11.1 Å². The number of nitrogens with zero attached hydrogens (tertiary/aromatic N) is 2. The molecule has 0 aliphatic carbocycles. The van der Waals surface area contributed by atoms with E-state index in [2.05, 4.69) is 4.98 Å². The summed E-state index contributed by atoms with van der Waals surface area (Å²) in [7, 11) is 0. The molecule has 1 aromatic rings. The molecular formula is C8H5N2NaO2-. The summed E-state index contributed by atoms with van der Waals surface area (Å²) in [5, 5.41) is 18.8. The number of carboxylic acid groups (broad SMARTS) is 1. The molecule has 0 saturated heterocycles. The van der Waals surface area contributed by atoms with Gasteiger partial charge in [0.25, 0.3) is 0 Å². The third kappa shape index (κ3) is 2.81. The van der Waals surface area contributed by atoms with Crippen molar-refractivity contribution >= 4 is 35.5 Å². The fraction of sp³-hybridized carbons (Fsp3) is 0.125. The number of aromatic carboxylic acids is 1.